The van der Waals surface area contributed by atoms with E-state index >= 15 is 0 Å². The zero-order valence-electron chi connectivity index (χ0n) is 15.1. The van der Waals surface area contributed by atoms with Gasteiger partial charge in [-0.05, 0) is 42.0 Å². The maximum absolute atomic E-state index is 12.8. The summed E-state index contributed by atoms with van der Waals surface area (Å²) in [6, 6.07) is 18.7. The summed E-state index contributed by atoms with van der Waals surface area (Å²) in [6.07, 6.45) is 2.99. The Labute approximate surface area is 165 Å². The molecule has 0 saturated carbocycles. The molecule has 0 fully saturated rings. The highest BCUT2D eigenvalue weighted by Gasteiger charge is 2.14. The Hall–Kier alpha value is -4.26. The number of amides is 1. The van der Waals surface area contributed by atoms with E-state index < -0.39 is 11.9 Å². The number of hydrazone groups is 1. The molecule has 0 aliphatic heterocycles. The molecule has 0 aliphatic rings. The minimum Gasteiger partial charge on any atom is -0.478 e. The number of fused-ring (bicyclic) bond motifs is 1. The number of aromatic nitrogens is 1. The van der Waals surface area contributed by atoms with Crippen LogP contribution in [0.2, 0.25) is 0 Å². The third-order valence-electron chi connectivity index (χ3n) is 4.27. The molecule has 2 N–H and O–H groups in total. The summed E-state index contributed by atoms with van der Waals surface area (Å²) >= 11 is 0. The van der Waals surface area contributed by atoms with Crippen molar-refractivity contribution in [3.8, 4) is 11.5 Å². The summed E-state index contributed by atoms with van der Waals surface area (Å²) in [5.74, 6) is -0.833. The van der Waals surface area contributed by atoms with Gasteiger partial charge in [0.2, 0.25) is 0 Å². The van der Waals surface area contributed by atoms with Crippen LogP contribution in [-0.4, -0.2) is 28.2 Å². The number of para-hydroxylation sites is 1. The van der Waals surface area contributed by atoms with Crippen molar-refractivity contribution in [3.05, 3.63) is 89.7 Å². The topological polar surface area (TPSA) is 105 Å². The predicted molar refractivity (Wildman–Crippen MR) is 108 cm³/mol. The highest BCUT2D eigenvalue weighted by Crippen LogP contribution is 2.25. The molecule has 4 rings (SSSR count). The number of furan rings is 1. The molecule has 0 aliphatic carbocycles. The molecule has 0 radical (unpaired) electrons. The Morgan fingerprint density at radius 2 is 1.83 bits per heavy atom. The first-order valence-electron chi connectivity index (χ1n) is 8.72. The number of hydrogen-bond donors (Lipinski definition) is 2. The lowest BCUT2D eigenvalue weighted by Gasteiger charge is -2.07. The van der Waals surface area contributed by atoms with E-state index in [1.54, 1.807) is 36.6 Å². The second-order valence-corrected chi connectivity index (χ2v) is 6.18. The van der Waals surface area contributed by atoms with Crippen LogP contribution in [0.1, 0.15) is 26.3 Å². The number of carbonyl (C=O) groups excluding carboxylic acids is 1. The molecule has 7 nitrogen and oxygen atoms in total. The third-order valence-corrected chi connectivity index (χ3v) is 4.27. The van der Waals surface area contributed by atoms with Gasteiger partial charge in [-0.25, -0.2) is 15.2 Å². The smallest absolute Gasteiger partial charge is 0.335 e. The SMILES string of the molecule is O=C(O)c1ccc(/C=N\NC(=O)c2cc(-c3ccco3)nc3ccccc23)cc1. The van der Waals surface area contributed by atoms with E-state index in [0.29, 0.717) is 33.5 Å². The van der Waals surface area contributed by atoms with Gasteiger partial charge in [-0.15, -0.1) is 0 Å². The van der Waals surface area contributed by atoms with Crippen molar-refractivity contribution in [1.29, 1.82) is 0 Å². The summed E-state index contributed by atoms with van der Waals surface area (Å²) < 4.78 is 5.40. The largest absolute Gasteiger partial charge is 0.478 e. The van der Waals surface area contributed by atoms with Crippen LogP contribution in [-0.2, 0) is 0 Å². The summed E-state index contributed by atoms with van der Waals surface area (Å²) in [6.45, 7) is 0. The number of rotatable bonds is 5. The molecule has 0 spiro atoms. The van der Waals surface area contributed by atoms with Gasteiger partial charge >= 0.3 is 5.97 Å². The number of nitrogens with zero attached hydrogens (tertiary/aromatic N) is 2. The van der Waals surface area contributed by atoms with Gasteiger partial charge in [0, 0.05) is 5.39 Å². The van der Waals surface area contributed by atoms with E-state index in [2.05, 4.69) is 15.5 Å². The number of carboxylic acids is 1. The molecule has 29 heavy (non-hydrogen) atoms. The lowest BCUT2D eigenvalue weighted by atomic mass is 10.1. The highest BCUT2D eigenvalue weighted by atomic mass is 16.4. The molecule has 2 heterocycles. The van der Waals surface area contributed by atoms with Gasteiger partial charge in [0.15, 0.2) is 5.76 Å². The van der Waals surface area contributed by atoms with Crippen molar-refractivity contribution in [2.75, 3.05) is 0 Å². The average molecular weight is 385 g/mol. The summed E-state index contributed by atoms with van der Waals surface area (Å²) in [4.78, 5) is 28.2. The van der Waals surface area contributed by atoms with Crippen LogP contribution in [0.25, 0.3) is 22.4 Å². The molecule has 1 amide bonds. The van der Waals surface area contributed by atoms with E-state index in [1.165, 1.54) is 18.3 Å². The second kappa shape index (κ2) is 7.77. The Kier molecular flexibility index (Phi) is 4.86. The van der Waals surface area contributed by atoms with Crippen LogP contribution in [0, 0.1) is 0 Å². The summed E-state index contributed by atoms with van der Waals surface area (Å²) in [5, 5.41) is 13.6. The first-order valence-corrected chi connectivity index (χ1v) is 8.72. The van der Waals surface area contributed by atoms with Gasteiger partial charge in [0.05, 0.1) is 29.1 Å². The Balaban J connectivity index is 1.60. The zero-order valence-corrected chi connectivity index (χ0v) is 15.1. The third kappa shape index (κ3) is 3.89. The molecular weight excluding hydrogens is 370 g/mol. The van der Waals surface area contributed by atoms with E-state index in [0.717, 1.165) is 0 Å². The Morgan fingerprint density at radius 3 is 2.55 bits per heavy atom. The van der Waals surface area contributed by atoms with Crippen LogP contribution in [0.15, 0.2) is 82.5 Å². The number of hydrogen-bond acceptors (Lipinski definition) is 5. The van der Waals surface area contributed by atoms with Crippen molar-refractivity contribution >= 4 is 29.0 Å². The number of aromatic carboxylic acids is 1. The molecule has 0 bridgehead atoms. The summed E-state index contributed by atoms with van der Waals surface area (Å²) in [7, 11) is 0. The standard InChI is InChI=1S/C22H15N3O4/c26-21(25-23-13-14-7-9-15(10-8-14)22(27)28)17-12-19(20-6-3-11-29-20)24-18-5-2-1-4-16(17)18/h1-13H,(H,25,26)(H,27,28)/b23-13-. The van der Waals surface area contributed by atoms with Crippen molar-refractivity contribution in [2.45, 2.75) is 0 Å². The predicted octanol–water partition coefficient (Wildman–Crippen LogP) is 3.96. The van der Waals surface area contributed by atoms with Crippen molar-refractivity contribution in [3.63, 3.8) is 0 Å². The van der Waals surface area contributed by atoms with Gasteiger partial charge in [-0.2, -0.15) is 5.10 Å². The Bertz CT molecular complexity index is 1210. The molecule has 2 aromatic heterocycles. The molecular formula is C22H15N3O4. The highest BCUT2D eigenvalue weighted by molar-refractivity contribution is 6.07. The van der Waals surface area contributed by atoms with Crippen LogP contribution >= 0.6 is 0 Å². The number of carbonyl (C=O) groups is 2. The molecule has 7 heteroatoms. The number of nitrogens with one attached hydrogen (secondary N) is 1. The minimum absolute atomic E-state index is 0.180. The van der Waals surface area contributed by atoms with Crippen molar-refractivity contribution in [2.24, 2.45) is 5.10 Å². The molecule has 4 aromatic rings. The zero-order chi connectivity index (χ0) is 20.2. The first kappa shape index (κ1) is 18.1. The van der Waals surface area contributed by atoms with E-state index in [4.69, 9.17) is 9.52 Å². The van der Waals surface area contributed by atoms with Gasteiger partial charge in [-0.3, -0.25) is 4.79 Å². The lowest BCUT2D eigenvalue weighted by molar-refractivity contribution is 0.0696. The van der Waals surface area contributed by atoms with Crippen LogP contribution < -0.4 is 5.43 Å². The lowest BCUT2D eigenvalue weighted by Crippen LogP contribution is -2.18. The fraction of sp³-hybridized carbons (Fsp3) is 0. The van der Waals surface area contributed by atoms with E-state index in [-0.39, 0.29) is 5.56 Å². The van der Waals surface area contributed by atoms with Crippen LogP contribution in [0.5, 0.6) is 0 Å². The quantitative estimate of drug-likeness (QED) is 0.400. The number of pyridine rings is 1. The fourth-order valence-corrected chi connectivity index (χ4v) is 2.85. The molecule has 2 aromatic carbocycles. The van der Waals surface area contributed by atoms with Crippen molar-refractivity contribution in [1.82, 2.24) is 10.4 Å². The Morgan fingerprint density at radius 1 is 1.03 bits per heavy atom. The van der Waals surface area contributed by atoms with E-state index in [9.17, 15) is 9.59 Å². The van der Waals surface area contributed by atoms with Gasteiger partial charge < -0.3 is 9.52 Å². The first-order chi connectivity index (χ1) is 14.1. The van der Waals surface area contributed by atoms with Gasteiger partial charge in [-0.1, -0.05) is 30.3 Å². The molecule has 142 valence electrons. The monoisotopic (exact) mass is 385 g/mol. The second-order valence-electron chi connectivity index (χ2n) is 6.18. The summed E-state index contributed by atoms with van der Waals surface area (Å²) in [5.41, 5.74) is 4.98. The van der Waals surface area contributed by atoms with Crippen molar-refractivity contribution < 1.29 is 19.1 Å². The molecule has 0 unspecified atom stereocenters. The van der Waals surface area contributed by atoms with Crippen LogP contribution in [0.4, 0.5) is 0 Å². The van der Waals surface area contributed by atoms with Gasteiger partial charge in [0.25, 0.3) is 5.91 Å². The van der Waals surface area contributed by atoms with Crippen LogP contribution in [0.3, 0.4) is 0 Å². The minimum atomic E-state index is -1.00. The molecule has 0 saturated heterocycles. The fourth-order valence-electron chi connectivity index (χ4n) is 2.85. The normalized spacial score (nSPS) is 11.0. The maximum Gasteiger partial charge on any atom is 0.335 e. The van der Waals surface area contributed by atoms with E-state index in [1.807, 2.05) is 24.3 Å². The average Bonchev–Trinajstić information content (AvgIpc) is 3.28. The molecule has 0 atom stereocenters. The number of carboxylic acid groups (broad SMARTS) is 1. The maximum atomic E-state index is 12.8. The van der Waals surface area contributed by atoms with Gasteiger partial charge in [0.1, 0.15) is 5.69 Å². The number of benzene rings is 2.